The van der Waals surface area contributed by atoms with Crippen LogP contribution in [0.3, 0.4) is 0 Å². The zero-order valence-corrected chi connectivity index (χ0v) is 10.2. The molecule has 0 aromatic heterocycles. The van der Waals surface area contributed by atoms with Gasteiger partial charge in [-0.3, -0.25) is 0 Å². The molecule has 2 heterocycles. The van der Waals surface area contributed by atoms with Crippen LogP contribution in [0.15, 0.2) is 0 Å². The molecule has 0 aromatic rings. The summed E-state index contributed by atoms with van der Waals surface area (Å²) in [5, 5.41) is 17.6. The zero-order chi connectivity index (χ0) is 12.1. The Morgan fingerprint density at radius 2 is 2.24 bits per heavy atom. The maximum Gasteiger partial charge on any atom is 0.0669 e. The van der Waals surface area contributed by atoms with Crippen LogP contribution in [0.25, 0.3) is 0 Å². The summed E-state index contributed by atoms with van der Waals surface area (Å²) in [6.07, 6.45) is 3.55. The molecule has 4 heteroatoms. The minimum absolute atomic E-state index is 0.00659. The van der Waals surface area contributed by atoms with Gasteiger partial charge in [0.05, 0.1) is 24.7 Å². The molecule has 17 heavy (non-hydrogen) atoms. The molecule has 0 saturated carbocycles. The van der Waals surface area contributed by atoms with E-state index in [1.165, 1.54) is 12.8 Å². The molecule has 0 aromatic carbocycles. The summed E-state index contributed by atoms with van der Waals surface area (Å²) in [5.41, 5.74) is 0.370. The van der Waals surface area contributed by atoms with Gasteiger partial charge in [-0.1, -0.05) is 0 Å². The average Bonchev–Trinajstić information content (AvgIpc) is 2.96. The SMILES string of the molecule is N#CCC[C@H](C#N)CN1CC[C@]2(CCOC2)C1. The molecule has 0 N–H and O–H groups in total. The molecule has 0 radical (unpaired) electrons. The van der Waals surface area contributed by atoms with E-state index in [4.69, 9.17) is 15.3 Å². The molecule has 1 spiro atoms. The normalized spacial score (nSPS) is 30.2. The summed E-state index contributed by atoms with van der Waals surface area (Å²) in [6, 6.07) is 4.44. The summed E-state index contributed by atoms with van der Waals surface area (Å²) < 4.78 is 5.49. The monoisotopic (exact) mass is 233 g/mol. The van der Waals surface area contributed by atoms with Gasteiger partial charge in [0.2, 0.25) is 0 Å². The predicted octanol–water partition coefficient (Wildman–Crippen LogP) is 1.54. The number of ether oxygens (including phenoxy) is 1. The third-order valence-electron chi connectivity index (χ3n) is 3.97. The van der Waals surface area contributed by atoms with Crippen molar-refractivity contribution in [1.82, 2.24) is 4.90 Å². The Morgan fingerprint density at radius 3 is 2.88 bits per heavy atom. The lowest BCUT2D eigenvalue weighted by molar-refractivity contribution is 0.151. The van der Waals surface area contributed by atoms with Crippen LogP contribution in [0.5, 0.6) is 0 Å². The van der Waals surface area contributed by atoms with Crippen molar-refractivity contribution in [3.05, 3.63) is 0 Å². The lowest BCUT2D eigenvalue weighted by Crippen LogP contribution is -2.31. The Bertz CT molecular complexity index is 336. The van der Waals surface area contributed by atoms with Crippen LogP contribution in [0.4, 0.5) is 0 Å². The second-order valence-corrected chi connectivity index (χ2v) is 5.31. The molecule has 92 valence electrons. The van der Waals surface area contributed by atoms with E-state index in [2.05, 4.69) is 17.0 Å². The molecule has 0 amide bonds. The first-order valence-corrected chi connectivity index (χ1v) is 6.35. The van der Waals surface area contributed by atoms with Gasteiger partial charge in [-0.15, -0.1) is 0 Å². The predicted molar refractivity (Wildman–Crippen MR) is 62.9 cm³/mol. The van der Waals surface area contributed by atoms with Gasteiger partial charge in [-0.05, 0) is 25.8 Å². The fourth-order valence-electron chi connectivity index (χ4n) is 2.90. The largest absolute Gasteiger partial charge is 0.381 e. The summed E-state index contributed by atoms with van der Waals surface area (Å²) in [7, 11) is 0. The molecular formula is C13H19N3O. The lowest BCUT2D eigenvalue weighted by atomic mass is 9.87. The van der Waals surface area contributed by atoms with Gasteiger partial charge in [0.1, 0.15) is 0 Å². The maximum absolute atomic E-state index is 9.06. The highest BCUT2D eigenvalue weighted by atomic mass is 16.5. The Balaban J connectivity index is 1.80. The Morgan fingerprint density at radius 1 is 1.35 bits per heavy atom. The molecular weight excluding hydrogens is 214 g/mol. The van der Waals surface area contributed by atoms with Crippen LogP contribution in [0.2, 0.25) is 0 Å². The maximum atomic E-state index is 9.06. The standard InChI is InChI=1S/C13H19N3O/c14-5-1-2-12(8-15)9-16-6-3-13(10-16)4-7-17-11-13/h12H,1-4,6-7,9-11H2/t12-,13+/m1/s1. The van der Waals surface area contributed by atoms with Gasteiger partial charge < -0.3 is 9.64 Å². The first-order chi connectivity index (χ1) is 8.28. The van der Waals surface area contributed by atoms with Gasteiger partial charge in [0, 0.05) is 31.5 Å². The fraction of sp³-hybridized carbons (Fsp3) is 0.846. The minimum Gasteiger partial charge on any atom is -0.381 e. The van der Waals surface area contributed by atoms with Gasteiger partial charge in [-0.25, -0.2) is 0 Å². The van der Waals surface area contributed by atoms with Gasteiger partial charge in [-0.2, -0.15) is 10.5 Å². The molecule has 2 fully saturated rings. The van der Waals surface area contributed by atoms with Crippen molar-refractivity contribution in [2.24, 2.45) is 11.3 Å². The van der Waals surface area contributed by atoms with Crippen LogP contribution in [-0.2, 0) is 4.74 Å². The Hall–Kier alpha value is -1.10. The van der Waals surface area contributed by atoms with Crippen molar-refractivity contribution in [2.45, 2.75) is 25.7 Å². The summed E-state index contributed by atoms with van der Waals surface area (Å²) in [6.45, 7) is 4.74. The average molecular weight is 233 g/mol. The molecule has 0 unspecified atom stereocenters. The van der Waals surface area contributed by atoms with Crippen molar-refractivity contribution in [1.29, 1.82) is 10.5 Å². The fourth-order valence-corrected chi connectivity index (χ4v) is 2.90. The summed E-state index contributed by atoms with van der Waals surface area (Å²) in [5.74, 6) is 0.00659. The highest BCUT2D eigenvalue weighted by Crippen LogP contribution is 2.38. The van der Waals surface area contributed by atoms with E-state index in [0.29, 0.717) is 18.3 Å². The van der Waals surface area contributed by atoms with Crippen molar-refractivity contribution in [3.63, 3.8) is 0 Å². The van der Waals surface area contributed by atoms with E-state index in [-0.39, 0.29) is 5.92 Å². The third-order valence-corrected chi connectivity index (χ3v) is 3.97. The number of hydrogen-bond acceptors (Lipinski definition) is 4. The van der Waals surface area contributed by atoms with E-state index >= 15 is 0 Å². The smallest absolute Gasteiger partial charge is 0.0669 e. The highest BCUT2D eigenvalue weighted by molar-refractivity contribution is 4.95. The van der Waals surface area contributed by atoms with Crippen LogP contribution in [0, 0.1) is 34.0 Å². The Kier molecular flexibility index (Phi) is 3.99. The number of hydrogen-bond donors (Lipinski definition) is 0. The highest BCUT2D eigenvalue weighted by Gasteiger charge is 2.41. The number of rotatable bonds is 4. The van der Waals surface area contributed by atoms with Gasteiger partial charge in [0.25, 0.3) is 0 Å². The molecule has 2 aliphatic rings. The molecule has 2 saturated heterocycles. The van der Waals surface area contributed by atoms with E-state index < -0.39 is 0 Å². The molecule has 2 atom stereocenters. The van der Waals surface area contributed by atoms with E-state index in [1.807, 2.05) is 0 Å². The van der Waals surface area contributed by atoms with Crippen molar-refractivity contribution < 1.29 is 4.74 Å². The Labute approximate surface area is 103 Å². The lowest BCUT2D eigenvalue weighted by Gasteiger charge is -2.23. The van der Waals surface area contributed by atoms with Crippen LogP contribution < -0.4 is 0 Å². The summed E-state index contributed by atoms with van der Waals surface area (Å²) in [4.78, 5) is 2.37. The molecule has 0 bridgehead atoms. The molecule has 0 aliphatic carbocycles. The minimum atomic E-state index is 0.00659. The molecule has 2 rings (SSSR count). The molecule has 4 nitrogen and oxygen atoms in total. The van der Waals surface area contributed by atoms with Gasteiger partial charge >= 0.3 is 0 Å². The van der Waals surface area contributed by atoms with Crippen molar-refractivity contribution in [3.8, 4) is 12.1 Å². The van der Waals surface area contributed by atoms with Crippen LogP contribution in [-0.4, -0.2) is 37.7 Å². The second kappa shape index (κ2) is 5.49. The number of likely N-dealkylation sites (tertiary alicyclic amines) is 1. The van der Waals surface area contributed by atoms with Crippen LogP contribution >= 0.6 is 0 Å². The zero-order valence-electron chi connectivity index (χ0n) is 10.2. The topological polar surface area (TPSA) is 60.0 Å². The summed E-state index contributed by atoms with van der Waals surface area (Å²) >= 11 is 0. The van der Waals surface area contributed by atoms with E-state index in [9.17, 15) is 0 Å². The van der Waals surface area contributed by atoms with Crippen molar-refractivity contribution in [2.75, 3.05) is 32.8 Å². The number of nitriles is 2. The van der Waals surface area contributed by atoms with E-state index in [0.717, 1.165) is 32.8 Å². The van der Waals surface area contributed by atoms with Gasteiger partial charge in [0.15, 0.2) is 0 Å². The van der Waals surface area contributed by atoms with Crippen molar-refractivity contribution >= 4 is 0 Å². The quantitative estimate of drug-likeness (QED) is 0.739. The first kappa shape index (κ1) is 12.4. The second-order valence-electron chi connectivity index (χ2n) is 5.31. The first-order valence-electron chi connectivity index (χ1n) is 6.35. The van der Waals surface area contributed by atoms with Crippen LogP contribution in [0.1, 0.15) is 25.7 Å². The molecule has 2 aliphatic heterocycles. The van der Waals surface area contributed by atoms with E-state index in [1.54, 1.807) is 0 Å². The third kappa shape index (κ3) is 2.97. The number of nitrogens with zero attached hydrogens (tertiary/aromatic N) is 3.